The Morgan fingerprint density at radius 2 is 1.18 bits per heavy atom. The third kappa shape index (κ3) is 29.4. The average Bonchev–Trinajstić information content (AvgIpc) is 2.68. The van der Waals surface area contributed by atoms with E-state index in [0.717, 1.165) is 19.5 Å². The van der Waals surface area contributed by atoms with Crippen molar-refractivity contribution in [3.05, 3.63) is 9.81 Å². The van der Waals surface area contributed by atoms with E-state index < -0.39 is 23.5 Å². The van der Waals surface area contributed by atoms with Gasteiger partial charge in [0.2, 0.25) is 0 Å². The molecule has 0 fully saturated rings. The molecule has 0 aliphatic carbocycles. The third-order valence-electron chi connectivity index (χ3n) is 3.05. The first-order valence-corrected chi connectivity index (χ1v) is 11.0. The lowest BCUT2D eigenvalue weighted by Gasteiger charge is -2.20. The molecule has 0 rings (SSSR count). The maximum absolute atomic E-state index is 11.0. The molecule has 0 atom stereocenters. The van der Waals surface area contributed by atoms with Crippen LogP contribution in [0.5, 0.6) is 0 Å². The Bertz CT molecular complexity index is 520. The van der Waals surface area contributed by atoms with Gasteiger partial charge in [-0.1, -0.05) is 6.92 Å². The summed E-state index contributed by atoms with van der Waals surface area (Å²) in [4.78, 5) is 41.9. The van der Waals surface area contributed by atoms with E-state index >= 15 is 0 Å². The van der Waals surface area contributed by atoms with Gasteiger partial charge in [-0.05, 0) is 55.0 Å². The van der Waals surface area contributed by atoms with Gasteiger partial charge in [-0.25, -0.2) is 9.59 Å². The largest absolute Gasteiger partial charge is 0.519 e. The van der Waals surface area contributed by atoms with E-state index in [4.69, 9.17) is 20.9 Å². The molecular formula is C20H45N7O7. The minimum Gasteiger partial charge on any atom is -0.428 e. The van der Waals surface area contributed by atoms with E-state index in [1.165, 1.54) is 10.0 Å². The molecule has 0 heterocycles. The van der Waals surface area contributed by atoms with Gasteiger partial charge in [0.1, 0.15) is 11.2 Å². The molecule has 5 N–H and O–H groups in total. The third-order valence-corrected chi connectivity index (χ3v) is 3.05. The van der Waals surface area contributed by atoms with Crippen molar-refractivity contribution in [3.8, 4) is 0 Å². The van der Waals surface area contributed by atoms with Crippen LogP contribution in [0.2, 0.25) is 0 Å². The van der Waals surface area contributed by atoms with Gasteiger partial charge in [-0.15, -0.1) is 9.81 Å². The first kappa shape index (κ1) is 36.0. The summed E-state index contributed by atoms with van der Waals surface area (Å²) >= 11 is 0. The first-order valence-electron chi connectivity index (χ1n) is 11.0. The van der Waals surface area contributed by atoms with Gasteiger partial charge < -0.3 is 31.0 Å². The molecule has 0 aliphatic heterocycles. The second-order valence-electron chi connectivity index (χ2n) is 8.78. The minimum atomic E-state index is -1.06. The highest BCUT2D eigenvalue weighted by molar-refractivity contribution is 5.77. The summed E-state index contributed by atoms with van der Waals surface area (Å²) < 4.78 is 13.8. The van der Waals surface area contributed by atoms with E-state index in [9.17, 15) is 19.4 Å². The monoisotopic (exact) mass is 495 g/mol. The number of nitroso groups, excluding NO2 is 2. The van der Waals surface area contributed by atoms with Crippen molar-refractivity contribution in [2.24, 2.45) is 22.0 Å². The van der Waals surface area contributed by atoms with Crippen LogP contribution in [0.15, 0.2) is 10.6 Å². The highest BCUT2D eigenvalue weighted by atomic mass is 16.8. The molecule has 0 aromatic heterocycles. The molecule has 0 saturated heterocycles. The van der Waals surface area contributed by atoms with Crippen molar-refractivity contribution >= 4 is 12.3 Å². The summed E-state index contributed by atoms with van der Waals surface area (Å²) in [7, 11) is 1.86. The van der Waals surface area contributed by atoms with E-state index in [2.05, 4.69) is 20.6 Å². The topological polar surface area (TPSA) is 191 Å². The summed E-state index contributed by atoms with van der Waals surface area (Å²) in [5.74, 6) is 0. The molecule has 0 aliphatic rings. The quantitative estimate of drug-likeness (QED) is 0.164. The van der Waals surface area contributed by atoms with E-state index in [1.54, 1.807) is 41.5 Å². The number of nitrogens with one attached hydrogen (secondary N) is 1. The molecule has 0 radical (unpaired) electrons. The molecule has 0 unspecified atom stereocenters. The van der Waals surface area contributed by atoms with Gasteiger partial charge in [0.05, 0.1) is 30.2 Å². The number of rotatable bonds is 11. The number of hydrogen-bond acceptors (Lipinski definition) is 12. The van der Waals surface area contributed by atoms with E-state index in [1.807, 2.05) is 14.0 Å². The Kier molecular flexibility index (Phi) is 22.2. The fraction of sp³-hybridized carbons (Fsp3) is 0.900. The van der Waals surface area contributed by atoms with Gasteiger partial charge in [0, 0.05) is 26.2 Å². The van der Waals surface area contributed by atoms with Crippen LogP contribution in [0, 0.1) is 9.81 Å². The normalized spacial score (nSPS) is 10.4. The van der Waals surface area contributed by atoms with E-state index in [-0.39, 0.29) is 0 Å². The molecule has 202 valence electrons. The Labute approximate surface area is 202 Å². The Balaban J connectivity index is -0.000000444. The van der Waals surface area contributed by atoms with Crippen LogP contribution in [-0.2, 0) is 14.2 Å². The zero-order chi connectivity index (χ0) is 27.2. The highest BCUT2D eigenvalue weighted by Crippen LogP contribution is 2.11. The molecule has 0 spiro atoms. The summed E-state index contributed by atoms with van der Waals surface area (Å²) in [5.41, 5.74) is 8.92. The highest BCUT2D eigenvalue weighted by Gasteiger charge is 2.24. The average molecular weight is 496 g/mol. The zero-order valence-corrected chi connectivity index (χ0v) is 22.0. The predicted octanol–water partition coefficient (Wildman–Crippen LogP) is 2.36. The molecule has 0 saturated carbocycles. The Hall–Kier alpha value is -2.58. The van der Waals surface area contributed by atoms with Gasteiger partial charge in [0.25, 0.3) is 0 Å². The molecule has 14 heteroatoms. The fourth-order valence-corrected chi connectivity index (χ4v) is 1.79. The van der Waals surface area contributed by atoms with Crippen LogP contribution in [0.25, 0.3) is 0 Å². The summed E-state index contributed by atoms with van der Waals surface area (Å²) in [6.07, 6.45) is -1.15. The van der Waals surface area contributed by atoms with E-state index in [0.29, 0.717) is 32.7 Å². The zero-order valence-electron chi connectivity index (χ0n) is 22.0. The second-order valence-corrected chi connectivity index (χ2v) is 8.78. The predicted molar refractivity (Wildman–Crippen MR) is 131 cm³/mol. The standard InChI is InChI=1S/C10H18O5.C6H15N3O.C4H12N4O/c1-9(2,3)14-7(11)13-8(12)15-10(4,5)6;1-3-5-9(8-10)6-4-7-2;5-1-3-8(7-9)4-2-6/h1-6H3;7H,3-6H2,1-2H3;1-6H2. The molecule has 14 nitrogen and oxygen atoms in total. The van der Waals surface area contributed by atoms with Crippen LogP contribution >= 0.6 is 0 Å². The number of carbonyl (C=O) groups excluding carboxylic acids is 2. The van der Waals surface area contributed by atoms with Crippen molar-refractivity contribution in [2.75, 3.05) is 52.9 Å². The first-order chi connectivity index (χ1) is 15.7. The lowest BCUT2D eigenvalue weighted by atomic mass is 10.2. The molecule has 34 heavy (non-hydrogen) atoms. The smallest absolute Gasteiger partial charge is 0.428 e. The van der Waals surface area contributed by atoms with Crippen LogP contribution in [0.3, 0.4) is 0 Å². The number of hydrogen-bond donors (Lipinski definition) is 3. The van der Waals surface area contributed by atoms with Crippen molar-refractivity contribution in [2.45, 2.75) is 66.1 Å². The van der Waals surface area contributed by atoms with Crippen molar-refractivity contribution in [1.29, 1.82) is 0 Å². The molecule has 0 aromatic rings. The maximum Gasteiger partial charge on any atom is 0.519 e. The Morgan fingerprint density at radius 1 is 0.794 bits per heavy atom. The maximum atomic E-state index is 11.0. The second kappa shape index (κ2) is 21.0. The minimum absolute atomic E-state index is 0.436. The number of likely N-dealkylation sites (N-methyl/N-ethyl adjacent to an activating group) is 1. The fourth-order valence-electron chi connectivity index (χ4n) is 1.79. The molecule has 0 amide bonds. The lowest BCUT2D eigenvalue weighted by Crippen LogP contribution is -2.29. The number of nitrogens with two attached hydrogens (primary N) is 2. The summed E-state index contributed by atoms with van der Waals surface area (Å²) in [5, 5.41) is 11.3. The van der Waals surface area contributed by atoms with Gasteiger partial charge in [0.15, 0.2) is 0 Å². The lowest BCUT2D eigenvalue weighted by molar-refractivity contribution is -0.0293. The molecule has 0 aromatic carbocycles. The van der Waals surface area contributed by atoms with Crippen LogP contribution < -0.4 is 16.8 Å². The van der Waals surface area contributed by atoms with Crippen LogP contribution in [-0.4, -0.2) is 86.4 Å². The number of nitrogens with zero attached hydrogens (tertiary/aromatic N) is 4. The molecule has 0 bridgehead atoms. The van der Waals surface area contributed by atoms with Crippen molar-refractivity contribution in [3.63, 3.8) is 0 Å². The summed E-state index contributed by atoms with van der Waals surface area (Å²) in [6.45, 7) is 16.2. The summed E-state index contributed by atoms with van der Waals surface area (Å²) in [6, 6.07) is 0. The van der Waals surface area contributed by atoms with Crippen LogP contribution in [0.4, 0.5) is 9.59 Å². The van der Waals surface area contributed by atoms with Gasteiger partial charge in [-0.3, -0.25) is 10.0 Å². The van der Waals surface area contributed by atoms with Crippen molar-refractivity contribution < 1.29 is 23.8 Å². The van der Waals surface area contributed by atoms with Crippen molar-refractivity contribution in [1.82, 2.24) is 15.3 Å². The number of ether oxygens (including phenoxy) is 3. The van der Waals surface area contributed by atoms with Gasteiger partial charge in [-0.2, -0.15) is 0 Å². The molecular weight excluding hydrogens is 450 g/mol. The SMILES string of the molecule is CC(C)(C)OC(=O)OC(=O)OC(C)(C)C.CCCN(CCNC)N=O.NCCN(CCN)N=O. The Morgan fingerprint density at radius 3 is 1.44 bits per heavy atom. The van der Waals surface area contributed by atoms with Crippen LogP contribution in [0.1, 0.15) is 54.9 Å². The van der Waals surface area contributed by atoms with Gasteiger partial charge >= 0.3 is 12.3 Å². The number of carbonyl (C=O) groups is 2.